The Bertz CT molecular complexity index is 474. The Labute approximate surface area is 109 Å². The van der Waals surface area contributed by atoms with E-state index < -0.39 is 0 Å². The Balaban J connectivity index is 2.28. The molecule has 1 atom stereocenters. The summed E-state index contributed by atoms with van der Waals surface area (Å²) in [6.45, 7) is 4.43. The van der Waals surface area contributed by atoms with Crippen molar-refractivity contribution in [2.45, 2.75) is 25.8 Å². The molecule has 0 saturated carbocycles. The summed E-state index contributed by atoms with van der Waals surface area (Å²) in [4.78, 5) is 4.07. The molecule has 1 N–H and O–H groups in total. The summed E-state index contributed by atoms with van der Waals surface area (Å²) >= 11 is 0. The van der Waals surface area contributed by atoms with Crippen LogP contribution in [0, 0.1) is 0 Å². The zero-order chi connectivity index (χ0) is 13.0. The standard InChI is InChI=1S/C16H20N2/c1-12(2)13-4-6-14(7-5-13)16(17-3)15-8-10-18-11-9-15/h4-12,16-17H,1-3H3. The van der Waals surface area contributed by atoms with Crippen molar-refractivity contribution in [1.29, 1.82) is 0 Å². The van der Waals surface area contributed by atoms with Crippen LogP contribution in [0.4, 0.5) is 0 Å². The Morgan fingerprint density at radius 3 is 1.83 bits per heavy atom. The summed E-state index contributed by atoms with van der Waals surface area (Å²) in [5, 5.41) is 3.36. The molecular formula is C16H20N2. The smallest absolute Gasteiger partial charge is 0.0575 e. The molecular weight excluding hydrogens is 220 g/mol. The van der Waals surface area contributed by atoms with E-state index >= 15 is 0 Å². The van der Waals surface area contributed by atoms with Gasteiger partial charge in [-0.3, -0.25) is 4.98 Å². The molecule has 1 aromatic carbocycles. The van der Waals surface area contributed by atoms with Gasteiger partial charge in [-0.25, -0.2) is 0 Å². The summed E-state index contributed by atoms with van der Waals surface area (Å²) in [5.74, 6) is 0.577. The summed E-state index contributed by atoms with van der Waals surface area (Å²) in [6.07, 6.45) is 3.67. The Kier molecular flexibility index (Phi) is 4.11. The molecule has 18 heavy (non-hydrogen) atoms. The van der Waals surface area contributed by atoms with Crippen LogP contribution < -0.4 is 5.32 Å². The third-order valence-corrected chi connectivity index (χ3v) is 3.26. The van der Waals surface area contributed by atoms with Gasteiger partial charge in [0.1, 0.15) is 0 Å². The van der Waals surface area contributed by atoms with E-state index in [1.54, 1.807) is 0 Å². The monoisotopic (exact) mass is 240 g/mol. The molecule has 2 rings (SSSR count). The highest BCUT2D eigenvalue weighted by molar-refractivity contribution is 5.33. The fraction of sp³-hybridized carbons (Fsp3) is 0.312. The van der Waals surface area contributed by atoms with E-state index in [2.05, 4.69) is 60.5 Å². The zero-order valence-corrected chi connectivity index (χ0v) is 11.2. The van der Waals surface area contributed by atoms with Gasteiger partial charge in [0.25, 0.3) is 0 Å². The highest BCUT2D eigenvalue weighted by Crippen LogP contribution is 2.23. The second-order valence-electron chi connectivity index (χ2n) is 4.82. The number of rotatable bonds is 4. The topological polar surface area (TPSA) is 24.9 Å². The quantitative estimate of drug-likeness (QED) is 0.884. The molecule has 2 nitrogen and oxygen atoms in total. The van der Waals surface area contributed by atoms with Crippen molar-refractivity contribution in [2.75, 3.05) is 7.05 Å². The molecule has 1 aromatic heterocycles. The predicted molar refractivity (Wildman–Crippen MR) is 75.7 cm³/mol. The van der Waals surface area contributed by atoms with E-state index in [9.17, 15) is 0 Å². The van der Waals surface area contributed by atoms with Crippen LogP contribution in [-0.4, -0.2) is 12.0 Å². The predicted octanol–water partition coefficient (Wildman–Crippen LogP) is 3.51. The van der Waals surface area contributed by atoms with Gasteiger partial charge in [-0.15, -0.1) is 0 Å². The molecule has 0 saturated heterocycles. The van der Waals surface area contributed by atoms with Gasteiger partial charge in [0.2, 0.25) is 0 Å². The maximum Gasteiger partial charge on any atom is 0.0575 e. The van der Waals surface area contributed by atoms with Gasteiger partial charge >= 0.3 is 0 Å². The third kappa shape index (κ3) is 2.77. The Morgan fingerprint density at radius 2 is 1.33 bits per heavy atom. The van der Waals surface area contributed by atoms with E-state index in [0.29, 0.717) is 5.92 Å². The number of hydrogen-bond acceptors (Lipinski definition) is 2. The third-order valence-electron chi connectivity index (χ3n) is 3.26. The molecule has 0 aliphatic heterocycles. The first-order valence-electron chi connectivity index (χ1n) is 6.39. The van der Waals surface area contributed by atoms with Gasteiger partial charge in [-0.2, -0.15) is 0 Å². The van der Waals surface area contributed by atoms with Gasteiger partial charge < -0.3 is 5.32 Å². The lowest BCUT2D eigenvalue weighted by molar-refractivity contribution is 0.689. The van der Waals surface area contributed by atoms with Crippen LogP contribution in [0.1, 0.15) is 42.5 Å². The van der Waals surface area contributed by atoms with Crippen LogP contribution in [0.3, 0.4) is 0 Å². The molecule has 0 amide bonds. The molecule has 0 fully saturated rings. The van der Waals surface area contributed by atoms with Crippen molar-refractivity contribution < 1.29 is 0 Å². The van der Waals surface area contributed by atoms with Crippen LogP contribution in [0.25, 0.3) is 0 Å². The van der Waals surface area contributed by atoms with Crippen molar-refractivity contribution in [2.24, 2.45) is 0 Å². The van der Waals surface area contributed by atoms with Crippen molar-refractivity contribution in [3.05, 3.63) is 65.5 Å². The lowest BCUT2D eigenvalue weighted by atomic mass is 9.96. The zero-order valence-electron chi connectivity index (χ0n) is 11.2. The number of benzene rings is 1. The van der Waals surface area contributed by atoms with Gasteiger partial charge in [0.05, 0.1) is 6.04 Å². The summed E-state index contributed by atoms with van der Waals surface area (Å²) < 4.78 is 0. The second kappa shape index (κ2) is 5.78. The number of nitrogens with one attached hydrogen (secondary N) is 1. The molecule has 0 aliphatic rings. The molecule has 94 valence electrons. The van der Waals surface area contributed by atoms with E-state index in [1.165, 1.54) is 16.7 Å². The summed E-state index contributed by atoms with van der Waals surface area (Å²) in [5.41, 5.74) is 3.90. The number of hydrogen-bond donors (Lipinski definition) is 1. The van der Waals surface area contributed by atoms with E-state index in [-0.39, 0.29) is 6.04 Å². The molecule has 0 radical (unpaired) electrons. The van der Waals surface area contributed by atoms with E-state index in [4.69, 9.17) is 0 Å². The Hall–Kier alpha value is -1.67. The minimum Gasteiger partial charge on any atom is -0.309 e. The fourth-order valence-corrected chi connectivity index (χ4v) is 2.16. The summed E-state index contributed by atoms with van der Waals surface area (Å²) in [6, 6.07) is 13.2. The fourth-order valence-electron chi connectivity index (χ4n) is 2.16. The second-order valence-corrected chi connectivity index (χ2v) is 4.82. The van der Waals surface area contributed by atoms with Crippen molar-refractivity contribution in [1.82, 2.24) is 10.3 Å². The summed E-state index contributed by atoms with van der Waals surface area (Å²) in [7, 11) is 1.99. The van der Waals surface area contributed by atoms with Gasteiger partial charge in [-0.1, -0.05) is 38.1 Å². The van der Waals surface area contributed by atoms with Gasteiger partial charge in [-0.05, 0) is 41.8 Å². The molecule has 2 heteroatoms. The van der Waals surface area contributed by atoms with Crippen LogP contribution in [0.15, 0.2) is 48.8 Å². The van der Waals surface area contributed by atoms with Crippen LogP contribution in [0.5, 0.6) is 0 Å². The minimum absolute atomic E-state index is 0.231. The van der Waals surface area contributed by atoms with Crippen LogP contribution in [-0.2, 0) is 0 Å². The maximum atomic E-state index is 4.07. The van der Waals surface area contributed by atoms with Crippen molar-refractivity contribution in [3.63, 3.8) is 0 Å². The number of aromatic nitrogens is 1. The Morgan fingerprint density at radius 1 is 0.833 bits per heavy atom. The van der Waals surface area contributed by atoms with Gasteiger partial charge in [0, 0.05) is 12.4 Å². The molecule has 0 bridgehead atoms. The van der Waals surface area contributed by atoms with E-state index in [0.717, 1.165) is 0 Å². The van der Waals surface area contributed by atoms with E-state index in [1.807, 2.05) is 19.4 Å². The molecule has 1 heterocycles. The van der Waals surface area contributed by atoms with Gasteiger partial charge in [0.15, 0.2) is 0 Å². The highest BCUT2D eigenvalue weighted by atomic mass is 14.9. The molecule has 0 aliphatic carbocycles. The molecule has 2 aromatic rings. The largest absolute Gasteiger partial charge is 0.309 e. The normalized spacial score (nSPS) is 12.7. The first-order chi connectivity index (χ1) is 8.72. The van der Waals surface area contributed by atoms with Crippen LogP contribution >= 0.6 is 0 Å². The SMILES string of the molecule is CNC(c1ccncc1)c1ccc(C(C)C)cc1. The maximum absolute atomic E-state index is 4.07. The lowest BCUT2D eigenvalue weighted by Crippen LogP contribution is -2.17. The van der Waals surface area contributed by atoms with Crippen molar-refractivity contribution >= 4 is 0 Å². The first-order valence-corrected chi connectivity index (χ1v) is 6.39. The lowest BCUT2D eigenvalue weighted by Gasteiger charge is -2.17. The molecule has 1 unspecified atom stereocenters. The first kappa shape index (κ1) is 12.8. The number of nitrogens with zero attached hydrogens (tertiary/aromatic N) is 1. The van der Waals surface area contributed by atoms with Crippen molar-refractivity contribution in [3.8, 4) is 0 Å². The van der Waals surface area contributed by atoms with Crippen LogP contribution in [0.2, 0.25) is 0 Å². The average Bonchev–Trinajstić information content (AvgIpc) is 2.41. The average molecular weight is 240 g/mol. The number of pyridine rings is 1. The molecule has 0 spiro atoms. The highest BCUT2D eigenvalue weighted by Gasteiger charge is 2.11. The minimum atomic E-state index is 0.231.